The number of fused-ring (bicyclic) bond motifs is 1. The Bertz CT molecular complexity index is 961. The molecule has 1 fully saturated rings. The Labute approximate surface area is 183 Å². The monoisotopic (exact) mass is 425 g/mol. The van der Waals surface area contributed by atoms with Crippen LogP contribution in [0.2, 0.25) is 0 Å². The first-order valence-corrected chi connectivity index (χ1v) is 11.1. The third-order valence-corrected chi connectivity index (χ3v) is 6.47. The predicted molar refractivity (Wildman–Crippen MR) is 120 cm³/mol. The number of rotatable bonds is 6. The van der Waals surface area contributed by atoms with Gasteiger partial charge in [-0.15, -0.1) is 6.58 Å². The Morgan fingerprint density at radius 1 is 1.32 bits per heavy atom. The number of halogens is 1. The summed E-state index contributed by atoms with van der Waals surface area (Å²) in [5, 5.41) is 8.28. The number of piperazine rings is 1. The van der Waals surface area contributed by atoms with Crippen molar-refractivity contribution in [3.05, 3.63) is 64.7 Å². The molecule has 0 bridgehead atoms. The number of amides is 1. The number of nitrogens with zero attached hydrogens (tertiary/aromatic N) is 4. The van der Waals surface area contributed by atoms with Crippen LogP contribution >= 0.6 is 0 Å². The zero-order valence-electron chi connectivity index (χ0n) is 18.5. The van der Waals surface area contributed by atoms with E-state index in [2.05, 4.69) is 23.8 Å². The third-order valence-electron chi connectivity index (χ3n) is 6.47. The molecule has 1 saturated heterocycles. The Morgan fingerprint density at radius 3 is 2.81 bits per heavy atom. The molecular formula is C24H32FN5O. The number of aromatic nitrogens is 2. The first-order chi connectivity index (χ1) is 15.0. The molecule has 1 aromatic carbocycles. The van der Waals surface area contributed by atoms with Crippen molar-refractivity contribution >= 4 is 5.91 Å². The van der Waals surface area contributed by atoms with Gasteiger partial charge in [-0.2, -0.15) is 5.10 Å². The summed E-state index contributed by atoms with van der Waals surface area (Å²) in [6.45, 7) is 10.1. The minimum absolute atomic E-state index is 0.0356. The van der Waals surface area contributed by atoms with Crippen molar-refractivity contribution in [2.24, 2.45) is 0 Å². The number of carbonyl (C=O) groups is 1. The Hall–Kier alpha value is -2.51. The fraction of sp³-hybridized carbons (Fsp3) is 0.500. The molecule has 1 amide bonds. The molecule has 2 aliphatic rings. The van der Waals surface area contributed by atoms with Gasteiger partial charge in [0.15, 0.2) is 5.69 Å². The Kier molecular flexibility index (Phi) is 6.53. The molecule has 2 heterocycles. The van der Waals surface area contributed by atoms with Gasteiger partial charge >= 0.3 is 0 Å². The van der Waals surface area contributed by atoms with Gasteiger partial charge in [0, 0.05) is 50.0 Å². The molecule has 1 unspecified atom stereocenters. The smallest absolute Gasteiger partial charge is 0.274 e. The van der Waals surface area contributed by atoms with Crippen LogP contribution in [0.4, 0.5) is 4.39 Å². The topological polar surface area (TPSA) is 53.4 Å². The van der Waals surface area contributed by atoms with Crippen LogP contribution in [-0.2, 0) is 25.9 Å². The van der Waals surface area contributed by atoms with Gasteiger partial charge in [0.05, 0.1) is 6.54 Å². The lowest BCUT2D eigenvalue weighted by Crippen LogP contribution is -2.47. The van der Waals surface area contributed by atoms with Gasteiger partial charge in [-0.1, -0.05) is 18.2 Å². The number of carbonyl (C=O) groups excluding carboxylic acids is 1. The van der Waals surface area contributed by atoms with Crippen LogP contribution in [0.3, 0.4) is 0 Å². The maximum atomic E-state index is 13.9. The number of likely N-dealkylation sites (N-methyl/N-ethyl adjacent to an activating group) is 1. The van der Waals surface area contributed by atoms with Gasteiger partial charge in [0.2, 0.25) is 0 Å². The Morgan fingerprint density at radius 2 is 2.10 bits per heavy atom. The van der Waals surface area contributed by atoms with E-state index < -0.39 is 0 Å². The summed E-state index contributed by atoms with van der Waals surface area (Å²) >= 11 is 0. The first kappa shape index (κ1) is 21.7. The average molecular weight is 426 g/mol. The highest BCUT2D eigenvalue weighted by Gasteiger charge is 2.31. The molecule has 2 aromatic rings. The van der Waals surface area contributed by atoms with Crippen LogP contribution in [0.5, 0.6) is 0 Å². The molecule has 0 spiro atoms. The highest BCUT2D eigenvalue weighted by atomic mass is 19.1. The quantitative estimate of drug-likeness (QED) is 0.723. The fourth-order valence-corrected chi connectivity index (χ4v) is 4.47. The van der Waals surface area contributed by atoms with E-state index in [1.807, 2.05) is 27.8 Å². The van der Waals surface area contributed by atoms with Crippen molar-refractivity contribution in [1.29, 1.82) is 0 Å². The molecule has 31 heavy (non-hydrogen) atoms. The van der Waals surface area contributed by atoms with Crippen molar-refractivity contribution in [2.45, 2.75) is 45.3 Å². The predicted octanol–water partition coefficient (Wildman–Crippen LogP) is 2.55. The summed E-state index contributed by atoms with van der Waals surface area (Å²) in [6, 6.07) is 5.61. The van der Waals surface area contributed by atoms with Crippen LogP contribution in [0.1, 0.15) is 39.3 Å². The van der Waals surface area contributed by atoms with E-state index in [-0.39, 0.29) is 17.8 Å². The number of hydrogen-bond donors (Lipinski definition) is 1. The van der Waals surface area contributed by atoms with E-state index in [4.69, 9.17) is 5.10 Å². The minimum atomic E-state index is -0.170. The molecule has 1 aliphatic heterocycles. The maximum Gasteiger partial charge on any atom is 0.274 e. The number of benzene rings is 1. The summed E-state index contributed by atoms with van der Waals surface area (Å²) in [5.41, 5.74) is 4.40. The third kappa shape index (κ3) is 4.72. The first-order valence-electron chi connectivity index (χ1n) is 11.1. The highest BCUT2D eigenvalue weighted by molar-refractivity contribution is 5.94. The molecular weight excluding hydrogens is 393 g/mol. The van der Waals surface area contributed by atoms with Crippen molar-refractivity contribution in [3.8, 4) is 0 Å². The second-order valence-corrected chi connectivity index (χ2v) is 8.74. The summed E-state index contributed by atoms with van der Waals surface area (Å²) in [5.74, 6) is -0.135. The molecule has 0 radical (unpaired) electrons. The molecule has 1 atom stereocenters. The largest absolute Gasteiger partial charge is 0.335 e. The number of aryl methyl sites for hydroxylation is 1. The minimum Gasteiger partial charge on any atom is -0.335 e. The molecule has 1 aliphatic carbocycles. The Balaban J connectivity index is 1.50. The van der Waals surface area contributed by atoms with Crippen LogP contribution in [0.15, 0.2) is 30.9 Å². The maximum absolute atomic E-state index is 13.9. The van der Waals surface area contributed by atoms with Crippen molar-refractivity contribution < 1.29 is 9.18 Å². The normalized spacial score (nSPS) is 19.3. The van der Waals surface area contributed by atoms with E-state index in [1.165, 1.54) is 0 Å². The zero-order chi connectivity index (χ0) is 22.0. The fourth-order valence-electron chi connectivity index (χ4n) is 4.47. The number of nitrogens with one attached hydrogen (secondary N) is 1. The molecule has 0 saturated carbocycles. The van der Waals surface area contributed by atoms with E-state index in [0.29, 0.717) is 24.3 Å². The van der Waals surface area contributed by atoms with Crippen molar-refractivity contribution in [2.75, 3.05) is 33.2 Å². The van der Waals surface area contributed by atoms with Gasteiger partial charge < -0.3 is 15.1 Å². The van der Waals surface area contributed by atoms with Crippen LogP contribution in [-0.4, -0.2) is 64.8 Å². The van der Waals surface area contributed by atoms with Gasteiger partial charge in [-0.05, 0) is 50.4 Å². The zero-order valence-corrected chi connectivity index (χ0v) is 18.5. The van der Waals surface area contributed by atoms with Crippen LogP contribution in [0.25, 0.3) is 0 Å². The SMILES string of the molecule is C=CCn1nc(C(=O)N2CCN(C)CC2)c2c1CCC(NCc1ccc(C)c(F)c1)C2. The van der Waals surface area contributed by atoms with Gasteiger partial charge in [0.25, 0.3) is 5.91 Å². The second kappa shape index (κ2) is 9.32. The van der Waals surface area contributed by atoms with Crippen LogP contribution in [0, 0.1) is 12.7 Å². The summed E-state index contributed by atoms with van der Waals surface area (Å²) in [4.78, 5) is 17.5. The highest BCUT2D eigenvalue weighted by Crippen LogP contribution is 2.26. The van der Waals surface area contributed by atoms with E-state index >= 15 is 0 Å². The molecule has 6 nitrogen and oxygen atoms in total. The van der Waals surface area contributed by atoms with Gasteiger partial charge in [0.1, 0.15) is 5.82 Å². The number of allylic oxidation sites excluding steroid dienone is 1. The van der Waals surface area contributed by atoms with Gasteiger partial charge in [-0.3, -0.25) is 9.48 Å². The molecule has 7 heteroatoms. The van der Waals surface area contributed by atoms with E-state index in [9.17, 15) is 9.18 Å². The number of hydrogen-bond acceptors (Lipinski definition) is 4. The molecule has 1 N–H and O–H groups in total. The van der Waals surface area contributed by atoms with Gasteiger partial charge in [-0.25, -0.2) is 4.39 Å². The van der Waals surface area contributed by atoms with E-state index in [1.54, 1.807) is 13.0 Å². The van der Waals surface area contributed by atoms with Crippen molar-refractivity contribution in [3.63, 3.8) is 0 Å². The lowest BCUT2D eigenvalue weighted by Gasteiger charge is -2.32. The lowest BCUT2D eigenvalue weighted by atomic mass is 9.90. The summed E-state index contributed by atoms with van der Waals surface area (Å²) < 4.78 is 15.8. The molecule has 166 valence electrons. The molecule has 4 rings (SSSR count). The van der Waals surface area contributed by atoms with Crippen LogP contribution < -0.4 is 5.32 Å². The molecule has 1 aromatic heterocycles. The average Bonchev–Trinajstić information content (AvgIpc) is 3.12. The van der Waals surface area contributed by atoms with E-state index in [0.717, 1.165) is 62.3 Å². The lowest BCUT2D eigenvalue weighted by molar-refractivity contribution is 0.0656. The standard InChI is InChI=1S/C24H32FN5O/c1-4-9-30-22-8-7-19(26-16-18-6-5-17(2)21(25)14-18)15-20(22)23(27-30)24(31)29-12-10-28(3)11-13-29/h4-6,14,19,26H,1,7-13,15-16H2,2-3H3. The summed E-state index contributed by atoms with van der Waals surface area (Å²) in [7, 11) is 2.08. The second-order valence-electron chi connectivity index (χ2n) is 8.74. The van der Waals surface area contributed by atoms with Crippen molar-refractivity contribution in [1.82, 2.24) is 24.9 Å². The summed E-state index contributed by atoms with van der Waals surface area (Å²) in [6.07, 6.45) is 4.42.